The predicted octanol–water partition coefficient (Wildman–Crippen LogP) is 2.62. The molecule has 1 aliphatic heterocycles. The van der Waals surface area contributed by atoms with Crippen molar-refractivity contribution in [3.63, 3.8) is 0 Å². The Hall–Kier alpha value is -0.870. The summed E-state index contributed by atoms with van der Waals surface area (Å²) >= 11 is 6.10. The van der Waals surface area contributed by atoms with E-state index < -0.39 is 0 Å². The fraction of sp³-hybridized carbons (Fsp3) is 0.692. The Morgan fingerprint density at radius 3 is 2.50 bits per heavy atom. The van der Waals surface area contributed by atoms with Crippen LogP contribution in [0.2, 0.25) is 5.15 Å². The van der Waals surface area contributed by atoms with Crippen molar-refractivity contribution in [2.24, 2.45) is 0 Å². The highest BCUT2D eigenvalue weighted by Gasteiger charge is 2.29. The number of morpholine rings is 1. The van der Waals surface area contributed by atoms with Crippen LogP contribution in [0.3, 0.4) is 0 Å². The van der Waals surface area contributed by atoms with Gasteiger partial charge in [-0.2, -0.15) is 0 Å². The van der Waals surface area contributed by atoms with Gasteiger partial charge in [-0.05, 0) is 26.7 Å². The molecule has 1 aromatic rings. The monoisotopic (exact) mass is 267 g/mol. The summed E-state index contributed by atoms with van der Waals surface area (Å²) < 4.78 is 5.74. The van der Waals surface area contributed by atoms with E-state index in [9.17, 15) is 0 Å². The van der Waals surface area contributed by atoms with Crippen molar-refractivity contribution in [2.75, 3.05) is 18.0 Å². The van der Waals surface area contributed by atoms with Crippen LogP contribution in [0.1, 0.15) is 38.4 Å². The SMILES string of the molecule is CC1CN(c2cc(Cl)nc(C3CC3)n2)CC(C)O1. The molecule has 1 aromatic heterocycles. The molecular formula is C13H18ClN3O. The molecule has 18 heavy (non-hydrogen) atoms. The van der Waals surface area contributed by atoms with Crippen LogP contribution < -0.4 is 4.90 Å². The van der Waals surface area contributed by atoms with Crippen LogP contribution in [-0.4, -0.2) is 35.3 Å². The van der Waals surface area contributed by atoms with E-state index in [2.05, 4.69) is 28.7 Å². The zero-order chi connectivity index (χ0) is 12.7. The van der Waals surface area contributed by atoms with Crippen molar-refractivity contribution in [2.45, 2.75) is 44.8 Å². The highest BCUT2D eigenvalue weighted by molar-refractivity contribution is 6.29. The number of hydrogen-bond acceptors (Lipinski definition) is 4. The second-order valence-electron chi connectivity index (χ2n) is 5.34. The molecule has 1 saturated carbocycles. The molecule has 1 saturated heterocycles. The minimum absolute atomic E-state index is 0.229. The van der Waals surface area contributed by atoms with Gasteiger partial charge in [-0.3, -0.25) is 0 Å². The first kappa shape index (κ1) is 12.2. The number of anilines is 1. The van der Waals surface area contributed by atoms with E-state index in [1.165, 1.54) is 12.8 Å². The lowest BCUT2D eigenvalue weighted by Crippen LogP contribution is -2.46. The molecule has 1 aliphatic carbocycles. The van der Waals surface area contributed by atoms with Crippen molar-refractivity contribution in [1.29, 1.82) is 0 Å². The number of halogens is 1. The molecule has 3 rings (SSSR count). The van der Waals surface area contributed by atoms with Gasteiger partial charge in [0.2, 0.25) is 0 Å². The minimum atomic E-state index is 0.229. The molecule has 2 unspecified atom stereocenters. The van der Waals surface area contributed by atoms with Gasteiger partial charge in [0.25, 0.3) is 0 Å². The number of aromatic nitrogens is 2. The Balaban J connectivity index is 1.86. The van der Waals surface area contributed by atoms with E-state index in [1.54, 1.807) is 0 Å². The first-order valence-electron chi connectivity index (χ1n) is 6.56. The zero-order valence-electron chi connectivity index (χ0n) is 10.8. The summed E-state index contributed by atoms with van der Waals surface area (Å²) in [6.45, 7) is 5.91. The van der Waals surface area contributed by atoms with Gasteiger partial charge in [0, 0.05) is 25.1 Å². The smallest absolute Gasteiger partial charge is 0.135 e. The summed E-state index contributed by atoms with van der Waals surface area (Å²) in [7, 11) is 0. The van der Waals surface area contributed by atoms with Gasteiger partial charge in [0.15, 0.2) is 0 Å². The van der Waals surface area contributed by atoms with Crippen LogP contribution in [0.5, 0.6) is 0 Å². The van der Waals surface area contributed by atoms with Gasteiger partial charge in [-0.25, -0.2) is 9.97 Å². The van der Waals surface area contributed by atoms with Crippen LogP contribution in [0.4, 0.5) is 5.82 Å². The third kappa shape index (κ3) is 2.59. The number of hydrogen-bond donors (Lipinski definition) is 0. The van der Waals surface area contributed by atoms with Gasteiger partial charge in [-0.15, -0.1) is 0 Å². The molecule has 0 spiro atoms. The van der Waals surface area contributed by atoms with Crippen molar-refractivity contribution >= 4 is 17.4 Å². The molecule has 98 valence electrons. The fourth-order valence-electron chi connectivity index (χ4n) is 2.47. The van der Waals surface area contributed by atoms with Gasteiger partial charge in [-0.1, -0.05) is 11.6 Å². The Kier molecular flexibility index (Phi) is 3.16. The topological polar surface area (TPSA) is 38.2 Å². The predicted molar refractivity (Wildman–Crippen MR) is 71.2 cm³/mol. The summed E-state index contributed by atoms with van der Waals surface area (Å²) in [6.07, 6.45) is 2.84. The summed E-state index contributed by atoms with van der Waals surface area (Å²) in [6, 6.07) is 1.86. The summed E-state index contributed by atoms with van der Waals surface area (Å²) in [5, 5.41) is 0.550. The van der Waals surface area contributed by atoms with Gasteiger partial charge < -0.3 is 9.64 Å². The molecule has 0 radical (unpaired) electrons. The van der Waals surface area contributed by atoms with Gasteiger partial charge in [0.05, 0.1) is 12.2 Å². The highest BCUT2D eigenvalue weighted by atomic mass is 35.5. The quantitative estimate of drug-likeness (QED) is 0.772. The second kappa shape index (κ2) is 4.67. The lowest BCUT2D eigenvalue weighted by molar-refractivity contribution is -0.00547. The normalized spacial score (nSPS) is 28.5. The summed E-state index contributed by atoms with van der Waals surface area (Å²) in [5.41, 5.74) is 0. The van der Waals surface area contributed by atoms with Crippen LogP contribution in [0, 0.1) is 0 Å². The maximum Gasteiger partial charge on any atom is 0.135 e. The van der Waals surface area contributed by atoms with Crippen molar-refractivity contribution < 1.29 is 4.74 Å². The van der Waals surface area contributed by atoms with Gasteiger partial charge >= 0.3 is 0 Å². The Morgan fingerprint density at radius 2 is 1.89 bits per heavy atom. The molecule has 2 fully saturated rings. The second-order valence-corrected chi connectivity index (χ2v) is 5.73. The average Bonchev–Trinajstić information content (AvgIpc) is 3.10. The molecule has 5 heteroatoms. The number of ether oxygens (including phenoxy) is 1. The highest BCUT2D eigenvalue weighted by Crippen LogP contribution is 2.39. The zero-order valence-corrected chi connectivity index (χ0v) is 11.5. The molecule has 2 atom stereocenters. The maximum atomic E-state index is 6.10. The molecule has 0 aromatic carbocycles. The Labute approximate surface area is 112 Å². The standard InChI is InChI=1S/C13H18ClN3O/c1-8-6-17(7-9(2)18-8)12-5-11(14)15-13(16-12)10-3-4-10/h5,8-10H,3-4,6-7H2,1-2H3. The number of rotatable bonds is 2. The fourth-order valence-corrected chi connectivity index (χ4v) is 2.66. The first-order valence-corrected chi connectivity index (χ1v) is 6.94. The Bertz CT molecular complexity index is 440. The van der Waals surface area contributed by atoms with E-state index >= 15 is 0 Å². The third-order valence-electron chi connectivity index (χ3n) is 3.38. The van der Waals surface area contributed by atoms with Crippen molar-refractivity contribution in [3.05, 3.63) is 17.0 Å². The Morgan fingerprint density at radius 1 is 1.22 bits per heavy atom. The number of nitrogens with zero attached hydrogens (tertiary/aromatic N) is 3. The third-order valence-corrected chi connectivity index (χ3v) is 3.58. The van der Waals surface area contributed by atoms with Crippen LogP contribution in [0.15, 0.2) is 6.07 Å². The molecular weight excluding hydrogens is 250 g/mol. The molecule has 2 aliphatic rings. The first-order chi connectivity index (χ1) is 8.61. The lowest BCUT2D eigenvalue weighted by Gasteiger charge is -2.36. The van der Waals surface area contributed by atoms with E-state index in [4.69, 9.17) is 16.3 Å². The minimum Gasteiger partial charge on any atom is -0.372 e. The largest absolute Gasteiger partial charge is 0.372 e. The van der Waals surface area contributed by atoms with Crippen molar-refractivity contribution in [3.8, 4) is 0 Å². The average molecular weight is 268 g/mol. The van der Waals surface area contributed by atoms with E-state index in [1.807, 2.05) is 6.07 Å². The van der Waals surface area contributed by atoms with Gasteiger partial charge in [0.1, 0.15) is 16.8 Å². The van der Waals surface area contributed by atoms with E-state index in [-0.39, 0.29) is 12.2 Å². The van der Waals surface area contributed by atoms with Crippen molar-refractivity contribution in [1.82, 2.24) is 9.97 Å². The van der Waals surface area contributed by atoms with E-state index in [0.717, 1.165) is 24.7 Å². The molecule has 0 N–H and O–H groups in total. The summed E-state index contributed by atoms with van der Waals surface area (Å²) in [5.74, 6) is 2.38. The molecule has 2 heterocycles. The molecule has 0 bridgehead atoms. The van der Waals surface area contributed by atoms with Crippen LogP contribution >= 0.6 is 11.6 Å². The lowest BCUT2D eigenvalue weighted by atomic mass is 10.2. The maximum absolute atomic E-state index is 6.10. The molecule has 0 amide bonds. The van der Waals surface area contributed by atoms with Crippen LogP contribution in [-0.2, 0) is 4.74 Å². The van der Waals surface area contributed by atoms with E-state index in [0.29, 0.717) is 11.1 Å². The molecule has 4 nitrogen and oxygen atoms in total. The van der Waals surface area contributed by atoms with Crippen LogP contribution in [0.25, 0.3) is 0 Å². The summed E-state index contributed by atoms with van der Waals surface area (Å²) in [4.78, 5) is 11.2.